The Kier molecular flexibility index (Phi) is 3.99. The van der Waals surface area contributed by atoms with Crippen LogP contribution in [0, 0.1) is 12.3 Å². The average molecular weight is 264 g/mol. The lowest BCUT2D eigenvalue weighted by Gasteiger charge is -2.43. The molecule has 0 aromatic carbocycles. The topological polar surface area (TPSA) is 59.5 Å². The third-order valence-corrected chi connectivity index (χ3v) is 4.16. The van der Waals surface area contributed by atoms with E-state index < -0.39 is 0 Å². The number of aryl methyl sites for hydroxylation is 1. The highest BCUT2D eigenvalue weighted by molar-refractivity contribution is 5.84. The average Bonchev–Trinajstić information content (AvgIpc) is 2.70. The molecule has 1 aromatic heterocycles. The summed E-state index contributed by atoms with van der Waals surface area (Å²) in [6.07, 6.45) is 2.94. The zero-order valence-electron chi connectivity index (χ0n) is 12.1. The number of hydrogen-bond acceptors (Lipinski definition) is 3. The lowest BCUT2D eigenvalue weighted by Crippen LogP contribution is -2.53. The first kappa shape index (κ1) is 14.1. The molecule has 0 bridgehead atoms. The number of furan rings is 1. The molecule has 0 saturated heterocycles. The summed E-state index contributed by atoms with van der Waals surface area (Å²) in [5.74, 6) is 1.90. The highest BCUT2D eigenvalue weighted by atomic mass is 16.3. The Bertz CT molecular complexity index is 441. The Morgan fingerprint density at radius 1 is 1.47 bits per heavy atom. The van der Waals surface area contributed by atoms with Gasteiger partial charge in [-0.05, 0) is 45.7 Å². The van der Waals surface area contributed by atoms with Crippen molar-refractivity contribution in [2.45, 2.75) is 52.6 Å². The molecule has 106 valence electrons. The lowest BCUT2D eigenvalue weighted by atomic mass is 9.67. The van der Waals surface area contributed by atoms with Crippen molar-refractivity contribution in [3.8, 4) is 0 Å². The van der Waals surface area contributed by atoms with E-state index in [4.69, 9.17) is 10.2 Å². The quantitative estimate of drug-likeness (QED) is 0.888. The van der Waals surface area contributed by atoms with Crippen molar-refractivity contribution in [3.63, 3.8) is 0 Å². The third-order valence-electron chi connectivity index (χ3n) is 4.16. The SMILES string of the molecule is Cc1ccc(CN(C(=O)C2(CN)CCC2)C(C)C)o1. The Balaban J connectivity index is 2.13. The largest absolute Gasteiger partial charge is 0.464 e. The van der Waals surface area contributed by atoms with Crippen LogP contribution < -0.4 is 5.73 Å². The summed E-state index contributed by atoms with van der Waals surface area (Å²) in [5.41, 5.74) is 5.52. The van der Waals surface area contributed by atoms with Crippen LogP contribution in [0.25, 0.3) is 0 Å². The molecule has 1 fully saturated rings. The molecule has 1 aliphatic rings. The standard InChI is InChI=1S/C15H24N2O2/c1-11(2)17(9-13-6-5-12(3)19-13)14(18)15(10-16)7-4-8-15/h5-6,11H,4,7-10,16H2,1-3H3. The number of amides is 1. The smallest absolute Gasteiger partial charge is 0.230 e. The molecule has 1 saturated carbocycles. The molecule has 1 aromatic rings. The fraction of sp³-hybridized carbons (Fsp3) is 0.667. The van der Waals surface area contributed by atoms with Crippen LogP contribution in [0.4, 0.5) is 0 Å². The van der Waals surface area contributed by atoms with E-state index in [0.29, 0.717) is 13.1 Å². The van der Waals surface area contributed by atoms with Gasteiger partial charge in [0.25, 0.3) is 0 Å². The number of carbonyl (C=O) groups is 1. The van der Waals surface area contributed by atoms with Gasteiger partial charge in [0.15, 0.2) is 0 Å². The second-order valence-electron chi connectivity index (χ2n) is 5.88. The first-order valence-corrected chi connectivity index (χ1v) is 7.05. The predicted molar refractivity (Wildman–Crippen MR) is 74.5 cm³/mol. The number of rotatable bonds is 5. The van der Waals surface area contributed by atoms with Gasteiger partial charge in [-0.3, -0.25) is 4.79 Å². The Hall–Kier alpha value is -1.29. The van der Waals surface area contributed by atoms with E-state index in [1.807, 2.05) is 37.8 Å². The summed E-state index contributed by atoms with van der Waals surface area (Å²) in [6, 6.07) is 4.02. The molecule has 1 heterocycles. The summed E-state index contributed by atoms with van der Waals surface area (Å²) in [4.78, 5) is 14.6. The van der Waals surface area contributed by atoms with E-state index in [1.54, 1.807) is 0 Å². The monoisotopic (exact) mass is 264 g/mol. The van der Waals surface area contributed by atoms with E-state index in [-0.39, 0.29) is 17.4 Å². The van der Waals surface area contributed by atoms with Crippen molar-refractivity contribution >= 4 is 5.91 Å². The molecule has 0 aliphatic heterocycles. The van der Waals surface area contributed by atoms with E-state index in [2.05, 4.69) is 0 Å². The minimum Gasteiger partial charge on any atom is -0.464 e. The van der Waals surface area contributed by atoms with E-state index in [9.17, 15) is 4.79 Å². The van der Waals surface area contributed by atoms with Crippen molar-refractivity contribution in [3.05, 3.63) is 23.7 Å². The van der Waals surface area contributed by atoms with Gasteiger partial charge in [-0.25, -0.2) is 0 Å². The molecule has 0 atom stereocenters. The maximum absolute atomic E-state index is 12.7. The molecule has 2 rings (SSSR count). The highest BCUT2D eigenvalue weighted by Crippen LogP contribution is 2.42. The van der Waals surface area contributed by atoms with Gasteiger partial charge in [0, 0.05) is 12.6 Å². The van der Waals surface area contributed by atoms with Gasteiger partial charge in [0.2, 0.25) is 5.91 Å². The first-order valence-electron chi connectivity index (χ1n) is 7.05. The molecule has 0 spiro atoms. The summed E-state index contributed by atoms with van der Waals surface area (Å²) in [7, 11) is 0. The maximum atomic E-state index is 12.7. The second kappa shape index (κ2) is 5.37. The van der Waals surface area contributed by atoms with Gasteiger partial charge >= 0.3 is 0 Å². The zero-order valence-corrected chi connectivity index (χ0v) is 12.1. The zero-order chi connectivity index (χ0) is 14.0. The molecule has 4 heteroatoms. The van der Waals surface area contributed by atoms with Gasteiger partial charge in [-0.1, -0.05) is 6.42 Å². The molecule has 0 radical (unpaired) electrons. The molecular weight excluding hydrogens is 240 g/mol. The molecule has 2 N–H and O–H groups in total. The van der Waals surface area contributed by atoms with Crippen LogP contribution in [0.15, 0.2) is 16.5 Å². The van der Waals surface area contributed by atoms with Crippen LogP contribution in [0.1, 0.15) is 44.6 Å². The second-order valence-corrected chi connectivity index (χ2v) is 5.88. The van der Waals surface area contributed by atoms with Crippen molar-refractivity contribution in [1.29, 1.82) is 0 Å². The van der Waals surface area contributed by atoms with Crippen LogP contribution >= 0.6 is 0 Å². The van der Waals surface area contributed by atoms with Crippen molar-refractivity contribution in [1.82, 2.24) is 4.90 Å². The summed E-state index contributed by atoms with van der Waals surface area (Å²) < 4.78 is 5.59. The van der Waals surface area contributed by atoms with E-state index in [1.165, 1.54) is 0 Å². The number of hydrogen-bond donors (Lipinski definition) is 1. The van der Waals surface area contributed by atoms with Gasteiger partial charge in [0.05, 0.1) is 12.0 Å². The van der Waals surface area contributed by atoms with Crippen LogP contribution in [-0.4, -0.2) is 23.4 Å². The third kappa shape index (κ3) is 2.68. The van der Waals surface area contributed by atoms with Gasteiger partial charge in [0.1, 0.15) is 11.5 Å². The summed E-state index contributed by atoms with van der Waals surface area (Å²) >= 11 is 0. The highest BCUT2D eigenvalue weighted by Gasteiger charge is 2.45. The summed E-state index contributed by atoms with van der Waals surface area (Å²) in [5, 5.41) is 0. The lowest BCUT2D eigenvalue weighted by molar-refractivity contribution is -0.149. The van der Waals surface area contributed by atoms with E-state index >= 15 is 0 Å². The van der Waals surface area contributed by atoms with Crippen LogP contribution in [0.3, 0.4) is 0 Å². The van der Waals surface area contributed by atoms with Crippen molar-refractivity contribution in [2.24, 2.45) is 11.1 Å². The number of nitrogens with two attached hydrogens (primary N) is 1. The van der Waals surface area contributed by atoms with Gasteiger partial charge in [-0.15, -0.1) is 0 Å². The van der Waals surface area contributed by atoms with Crippen LogP contribution in [0.2, 0.25) is 0 Å². The molecule has 1 amide bonds. The number of carbonyl (C=O) groups excluding carboxylic acids is 1. The summed E-state index contributed by atoms with van der Waals surface area (Å²) in [6.45, 7) is 6.98. The molecule has 4 nitrogen and oxygen atoms in total. The Labute approximate surface area is 114 Å². The molecular formula is C15H24N2O2. The van der Waals surface area contributed by atoms with Crippen molar-refractivity contribution < 1.29 is 9.21 Å². The minimum absolute atomic E-state index is 0.155. The normalized spacial score (nSPS) is 17.3. The molecule has 0 unspecified atom stereocenters. The van der Waals surface area contributed by atoms with Crippen LogP contribution in [0.5, 0.6) is 0 Å². The maximum Gasteiger partial charge on any atom is 0.230 e. The fourth-order valence-electron chi connectivity index (χ4n) is 2.64. The number of nitrogens with zero attached hydrogens (tertiary/aromatic N) is 1. The van der Waals surface area contributed by atoms with Gasteiger partial charge < -0.3 is 15.1 Å². The fourth-order valence-corrected chi connectivity index (χ4v) is 2.64. The Morgan fingerprint density at radius 3 is 2.53 bits per heavy atom. The molecule has 19 heavy (non-hydrogen) atoms. The van der Waals surface area contributed by atoms with E-state index in [0.717, 1.165) is 30.8 Å². The van der Waals surface area contributed by atoms with Crippen molar-refractivity contribution in [2.75, 3.05) is 6.54 Å². The van der Waals surface area contributed by atoms with Crippen LogP contribution in [-0.2, 0) is 11.3 Å². The predicted octanol–water partition coefficient (Wildman–Crippen LogP) is 2.45. The first-order chi connectivity index (χ1) is 8.98. The van der Waals surface area contributed by atoms with Gasteiger partial charge in [-0.2, -0.15) is 0 Å². The molecule has 1 aliphatic carbocycles. The minimum atomic E-state index is -0.314. The Morgan fingerprint density at radius 2 is 2.16 bits per heavy atom.